The SMILES string of the molecule is O=C(Nc1ccc(Br)cc1Br)C12CC3CC(C1)CC(n1cnc(Cl)n1)(C3)C2. The van der Waals surface area contributed by atoms with Gasteiger partial charge in [0.2, 0.25) is 11.2 Å². The van der Waals surface area contributed by atoms with E-state index in [2.05, 4.69) is 47.3 Å². The molecule has 4 saturated carbocycles. The summed E-state index contributed by atoms with van der Waals surface area (Å²) in [5.41, 5.74) is 0.352. The lowest BCUT2D eigenvalue weighted by Gasteiger charge is -2.60. The number of anilines is 1. The molecule has 1 N–H and O–H groups in total. The molecule has 5 nitrogen and oxygen atoms in total. The largest absolute Gasteiger partial charge is 0.325 e. The number of hydrogen-bond donors (Lipinski definition) is 1. The Balaban J connectivity index is 1.47. The molecular formula is C19H19Br2ClN4O. The van der Waals surface area contributed by atoms with E-state index in [-0.39, 0.29) is 22.1 Å². The lowest BCUT2D eigenvalue weighted by molar-refractivity contribution is -0.150. The van der Waals surface area contributed by atoms with Crippen molar-refractivity contribution in [1.82, 2.24) is 14.8 Å². The fraction of sp³-hybridized carbons (Fsp3) is 0.526. The van der Waals surface area contributed by atoms with E-state index in [1.165, 1.54) is 6.42 Å². The van der Waals surface area contributed by atoms with Crippen LogP contribution in [0.1, 0.15) is 38.5 Å². The summed E-state index contributed by atoms with van der Waals surface area (Å²) in [6, 6.07) is 5.83. The highest BCUT2D eigenvalue weighted by Crippen LogP contribution is 2.64. The van der Waals surface area contributed by atoms with Crippen molar-refractivity contribution in [1.29, 1.82) is 0 Å². The number of amides is 1. The van der Waals surface area contributed by atoms with Gasteiger partial charge in [-0.3, -0.25) is 4.79 Å². The highest BCUT2D eigenvalue weighted by Gasteiger charge is 2.61. The molecule has 8 heteroatoms. The molecule has 1 aromatic heterocycles. The van der Waals surface area contributed by atoms with Gasteiger partial charge in [-0.25, -0.2) is 9.67 Å². The van der Waals surface area contributed by atoms with E-state index >= 15 is 0 Å². The topological polar surface area (TPSA) is 59.8 Å². The molecule has 0 spiro atoms. The third-order valence-corrected chi connectivity index (χ3v) is 7.96. The van der Waals surface area contributed by atoms with Crippen LogP contribution in [0.15, 0.2) is 33.5 Å². The van der Waals surface area contributed by atoms with Gasteiger partial charge < -0.3 is 5.32 Å². The molecule has 4 aliphatic carbocycles. The molecule has 0 aliphatic heterocycles. The number of halogens is 3. The quantitative estimate of drug-likeness (QED) is 0.598. The number of rotatable bonds is 3. The van der Waals surface area contributed by atoms with Crippen molar-refractivity contribution in [2.45, 2.75) is 44.1 Å². The summed E-state index contributed by atoms with van der Waals surface area (Å²) in [6.07, 6.45) is 7.85. The first kappa shape index (κ1) is 18.1. The monoisotopic (exact) mass is 512 g/mol. The lowest BCUT2D eigenvalue weighted by Crippen LogP contribution is -2.60. The van der Waals surface area contributed by atoms with Crippen LogP contribution in [0.3, 0.4) is 0 Å². The Morgan fingerprint density at radius 3 is 2.59 bits per heavy atom. The van der Waals surface area contributed by atoms with Gasteiger partial charge in [0, 0.05) is 8.95 Å². The van der Waals surface area contributed by atoms with Crippen molar-refractivity contribution >= 4 is 55.1 Å². The molecule has 6 rings (SSSR count). The van der Waals surface area contributed by atoms with Gasteiger partial charge in [0.05, 0.1) is 16.6 Å². The molecule has 2 unspecified atom stereocenters. The van der Waals surface area contributed by atoms with E-state index in [4.69, 9.17) is 11.6 Å². The Hall–Kier alpha value is -0.920. The van der Waals surface area contributed by atoms with E-state index in [0.717, 1.165) is 46.7 Å². The molecular weight excluding hydrogens is 495 g/mol. The molecule has 1 amide bonds. The zero-order valence-corrected chi connectivity index (χ0v) is 18.5. The third kappa shape index (κ3) is 2.97. The lowest BCUT2D eigenvalue weighted by atomic mass is 9.46. The van der Waals surface area contributed by atoms with E-state index in [9.17, 15) is 4.79 Å². The Kier molecular flexibility index (Phi) is 4.22. The second kappa shape index (κ2) is 6.29. The summed E-state index contributed by atoms with van der Waals surface area (Å²) < 4.78 is 3.81. The smallest absolute Gasteiger partial charge is 0.242 e. The molecule has 2 atom stereocenters. The second-order valence-electron chi connectivity index (χ2n) is 8.50. The van der Waals surface area contributed by atoms with Gasteiger partial charge in [-0.2, -0.15) is 0 Å². The number of carbonyl (C=O) groups is 1. The molecule has 0 radical (unpaired) electrons. The minimum absolute atomic E-state index is 0.126. The van der Waals surface area contributed by atoms with Crippen LogP contribution < -0.4 is 5.32 Å². The number of nitrogens with zero attached hydrogens (tertiary/aromatic N) is 3. The van der Waals surface area contributed by atoms with Crippen LogP contribution in [0.25, 0.3) is 0 Å². The maximum Gasteiger partial charge on any atom is 0.242 e. The van der Waals surface area contributed by atoms with Crippen LogP contribution in [-0.4, -0.2) is 20.7 Å². The Morgan fingerprint density at radius 2 is 1.96 bits per heavy atom. The molecule has 142 valence electrons. The van der Waals surface area contributed by atoms with E-state index in [0.29, 0.717) is 11.8 Å². The molecule has 0 saturated heterocycles. The van der Waals surface area contributed by atoms with Gasteiger partial charge in [-0.05, 0) is 96.1 Å². The minimum atomic E-state index is -0.338. The molecule has 2 aromatic rings. The summed E-state index contributed by atoms with van der Waals surface area (Å²) in [4.78, 5) is 17.6. The normalized spacial score (nSPS) is 34.0. The van der Waals surface area contributed by atoms with E-state index < -0.39 is 0 Å². The van der Waals surface area contributed by atoms with Crippen LogP contribution >= 0.6 is 43.5 Å². The Bertz CT molecular complexity index is 916. The molecule has 4 bridgehead atoms. The average molecular weight is 515 g/mol. The first-order valence-corrected chi connectivity index (χ1v) is 11.2. The van der Waals surface area contributed by atoms with Gasteiger partial charge in [-0.15, -0.1) is 5.10 Å². The van der Waals surface area contributed by atoms with Crippen molar-refractivity contribution in [2.75, 3.05) is 5.32 Å². The number of benzene rings is 1. The zero-order valence-electron chi connectivity index (χ0n) is 14.6. The standard InChI is InChI=1S/C19H19Br2ClN4O/c20-13-1-2-15(14(21)4-13)24-16(27)18-5-11-3-12(6-18)8-19(7-11,9-18)26-10-23-17(22)25-26/h1-2,4,10-12H,3,5-9H2,(H,24,27). The number of carbonyl (C=O) groups excluding carboxylic acids is 1. The number of nitrogens with one attached hydrogen (secondary N) is 1. The third-order valence-electron chi connectivity index (χ3n) is 6.64. The maximum atomic E-state index is 13.5. The highest BCUT2D eigenvalue weighted by molar-refractivity contribution is 9.11. The number of aromatic nitrogens is 3. The molecule has 4 fully saturated rings. The summed E-state index contributed by atoms with van der Waals surface area (Å²) in [5, 5.41) is 7.90. The number of hydrogen-bond acceptors (Lipinski definition) is 3. The maximum absolute atomic E-state index is 13.5. The van der Waals surface area contributed by atoms with Gasteiger partial charge in [-0.1, -0.05) is 15.9 Å². The minimum Gasteiger partial charge on any atom is -0.325 e. The van der Waals surface area contributed by atoms with E-state index in [1.807, 2.05) is 22.9 Å². The Labute approximate surface area is 179 Å². The summed E-state index contributed by atoms with van der Waals surface area (Å²) in [6.45, 7) is 0. The van der Waals surface area contributed by atoms with Crippen LogP contribution in [0.5, 0.6) is 0 Å². The van der Waals surface area contributed by atoms with Gasteiger partial charge >= 0.3 is 0 Å². The van der Waals surface area contributed by atoms with Gasteiger partial charge in [0.1, 0.15) is 6.33 Å². The first-order valence-electron chi connectivity index (χ1n) is 9.22. The molecule has 1 heterocycles. The van der Waals surface area contributed by atoms with Crippen LogP contribution in [0.2, 0.25) is 5.28 Å². The summed E-state index contributed by atoms with van der Waals surface area (Å²) >= 11 is 13.0. The molecule has 1 aromatic carbocycles. The van der Waals surface area contributed by atoms with Crippen molar-refractivity contribution < 1.29 is 4.79 Å². The van der Waals surface area contributed by atoms with Crippen LogP contribution in [0, 0.1) is 17.3 Å². The van der Waals surface area contributed by atoms with E-state index in [1.54, 1.807) is 6.33 Å². The highest BCUT2D eigenvalue weighted by atomic mass is 79.9. The summed E-state index contributed by atoms with van der Waals surface area (Å²) in [7, 11) is 0. The van der Waals surface area contributed by atoms with Gasteiger partial charge in [0.25, 0.3) is 0 Å². The average Bonchev–Trinajstić information content (AvgIpc) is 3.03. The predicted octanol–water partition coefficient (Wildman–Crippen LogP) is 5.39. The zero-order chi connectivity index (χ0) is 18.8. The predicted molar refractivity (Wildman–Crippen MR) is 111 cm³/mol. The fourth-order valence-electron chi connectivity index (χ4n) is 6.07. The first-order chi connectivity index (χ1) is 12.9. The Morgan fingerprint density at radius 1 is 1.22 bits per heavy atom. The van der Waals surface area contributed by atoms with Crippen molar-refractivity contribution in [2.24, 2.45) is 17.3 Å². The van der Waals surface area contributed by atoms with Crippen LogP contribution in [-0.2, 0) is 10.3 Å². The van der Waals surface area contributed by atoms with Crippen LogP contribution in [0.4, 0.5) is 5.69 Å². The summed E-state index contributed by atoms with van der Waals surface area (Å²) in [5.74, 6) is 1.26. The van der Waals surface area contributed by atoms with Crippen molar-refractivity contribution in [3.8, 4) is 0 Å². The van der Waals surface area contributed by atoms with Crippen molar-refractivity contribution in [3.63, 3.8) is 0 Å². The van der Waals surface area contributed by atoms with Crippen molar-refractivity contribution in [3.05, 3.63) is 38.8 Å². The fourth-order valence-corrected chi connectivity index (χ4v) is 7.34. The second-order valence-corrected chi connectivity index (χ2v) is 10.6. The molecule has 27 heavy (non-hydrogen) atoms. The molecule has 4 aliphatic rings. The van der Waals surface area contributed by atoms with Gasteiger partial charge in [0.15, 0.2) is 0 Å².